The fourth-order valence-electron chi connectivity index (χ4n) is 6.23. The van der Waals surface area contributed by atoms with Crippen molar-refractivity contribution < 1.29 is 9.90 Å². The maximum atomic E-state index is 13.3. The van der Waals surface area contributed by atoms with Crippen LogP contribution in [0.2, 0.25) is 0 Å². The van der Waals surface area contributed by atoms with Crippen LogP contribution in [0.25, 0.3) is 11.0 Å². The summed E-state index contributed by atoms with van der Waals surface area (Å²) < 4.78 is 0. The van der Waals surface area contributed by atoms with Gasteiger partial charge in [0.25, 0.3) is 5.91 Å². The Morgan fingerprint density at radius 3 is 2.44 bits per heavy atom. The molecular weight excluding hydrogens is 428 g/mol. The number of carbonyl (C=O) groups excluding carboxylic acids is 1. The second-order valence-electron chi connectivity index (χ2n) is 10.5. The van der Waals surface area contributed by atoms with Crippen molar-refractivity contribution in [2.45, 2.75) is 50.6 Å². The maximum absolute atomic E-state index is 13.3. The molecule has 2 N–H and O–H groups in total. The molecule has 1 amide bonds. The van der Waals surface area contributed by atoms with Crippen LogP contribution in [0.5, 0.6) is 0 Å². The molecule has 2 saturated carbocycles. The lowest BCUT2D eigenvalue weighted by atomic mass is 9.84. The van der Waals surface area contributed by atoms with E-state index in [1.165, 1.54) is 32.2 Å². The number of fused-ring (bicyclic) bond motifs is 3. The number of H-pyrrole nitrogens is 1. The Bertz CT molecular complexity index is 1050. The van der Waals surface area contributed by atoms with Gasteiger partial charge in [-0.05, 0) is 56.6 Å². The number of aliphatic hydroxyl groups excluding tert-OH is 1. The van der Waals surface area contributed by atoms with Gasteiger partial charge in [-0.25, -0.2) is 4.98 Å². The lowest BCUT2D eigenvalue weighted by molar-refractivity contribution is 0.0715. The minimum atomic E-state index is 0.159. The van der Waals surface area contributed by atoms with Crippen LogP contribution in [0.4, 0.5) is 5.69 Å². The van der Waals surface area contributed by atoms with Gasteiger partial charge in [-0.2, -0.15) is 0 Å². The smallest absolute Gasteiger partial charge is 0.259 e. The number of hydrogen-bond donors (Lipinski definition) is 2. The molecule has 0 bridgehead atoms. The molecule has 2 aliphatic carbocycles. The molecule has 0 radical (unpaired) electrons. The molecule has 4 heterocycles. The fraction of sp³-hybridized carbons (Fsp3) is 0.615. The lowest BCUT2D eigenvalue weighted by Gasteiger charge is -2.45. The van der Waals surface area contributed by atoms with Crippen molar-refractivity contribution in [1.29, 1.82) is 0 Å². The van der Waals surface area contributed by atoms with Crippen molar-refractivity contribution in [3.05, 3.63) is 36.4 Å². The number of hydrogen-bond acceptors (Lipinski definition) is 6. The molecule has 2 aromatic rings. The highest BCUT2D eigenvalue weighted by Crippen LogP contribution is 2.41. The Morgan fingerprint density at radius 2 is 1.71 bits per heavy atom. The van der Waals surface area contributed by atoms with Gasteiger partial charge in [0.1, 0.15) is 5.65 Å². The number of piperazine rings is 1. The summed E-state index contributed by atoms with van der Waals surface area (Å²) in [6, 6.07) is 2.97. The number of aromatic nitrogens is 2. The fourth-order valence-corrected chi connectivity index (χ4v) is 6.23. The molecule has 3 fully saturated rings. The number of rotatable bonds is 6. The summed E-state index contributed by atoms with van der Waals surface area (Å²) in [6.45, 7) is 7.17. The highest BCUT2D eigenvalue weighted by molar-refractivity contribution is 6.08. The second-order valence-corrected chi connectivity index (χ2v) is 10.5. The van der Waals surface area contributed by atoms with Crippen molar-refractivity contribution in [2.75, 3.05) is 50.8 Å². The van der Waals surface area contributed by atoms with E-state index >= 15 is 0 Å². The van der Waals surface area contributed by atoms with Crippen LogP contribution < -0.4 is 4.90 Å². The summed E-state index contributed by atoms with van der Waals surface area (Å²) in [5.74, 6) is 0.918. The van der Waals surface area contributed by atoms with Crippen LogP contribution >= 0.6 is 0 Å². The number of anilines is 1. The van der Waals surface area contributed by atoms with E-state index in [1.807, 2.05) is 12.3 Å². The standard InChI is InChI=1S/C26H36N6O2/c33-15-1-10-29-11-13-30(14-12-29)17-19-2-4-20(5-3-19)31-18-32(21-6-7-21)26(34)23-16-28-25-22(24(23)31)8-9-27-25/h1,8-9,15-16,19-21,33H,2-7,10-14,17-18H2,(H,27,28). The Labute approximate surface area is 201 Å². The predicted molar refractivity (Wildman–Crippen MR) is 133 cm³/mol. The van der Waals surface area contributed by atoms with Crippen molar-refractivity contribution in [3.8, 4) is 0 Å². The molecule has 2 aromatic heterocycles. The summed E-state index contributed by atoms with van der Waals surface area (Å²) in [4.78, 5) is 30.7. The van der Waals surface area contributed by atoms with E-state index in [1.54, 1.807) is 6.20 Å². The van der Waals surface area contributed by atoms with Gasteiger partial charge in [-0.15, -0.1) is 0 Å². The van der Waals surface area contributed by atoms with Gasteiger partial charge in [-0.1, -0.05) is 0 Å². The number of aliphatic hydroxyl groups is 1. The minimum Gasteiger partial charge on any atom is -0.516 e. The molecule has 0 atom stereocenters. The van der Waals surface area contributed by atoms with Gasteiger partial charge in [0.15, 0.2) is 0 Å². The zero-order chi connectivity index (χ0) is 23.1. The molecule has 2 aliphatic heterocycles. The van der Waals surface area contributed by atoms with Gasteiger partial charge in [0, 0.05) is 69.1 Å². The SMILES string of the molecule is O=C1c2cnc3[nH]ccc3c2N(C2CCC(CN3CCN(CC=CO)CC3)CC2)CN1C1CC1. The third-order valence-electron chi connectivity index (χ3n) is 8.34. The topological polar surface area (TPSA) is 78.9 Å². The average molecular weight is 465 g/mol. The van der Waals surface area contributed by atoms with Crippen molar-refractivity contribution in [3.63, 3.8) is 0 Å². The molecule has 1 saturated heterocycles. The minimum absolute atomic E-state index is 0.159. The van der Waals surface area contributed by atoms with Crippen molar-refractivity contribution >= 4 is 22.6 Å². The summed E-state index contributed by atoms with van der Waals surface area (Å²) in [7, 11) is 0. The molecule has 182 valence electrons. The summed E-state index contributed by atoms with van der Waals surface area (Å²) in [6.07, 6.45) is 13.8. The van der Waals surface area contributed by atoms with Gasteiger partial charge >= 0.3 is 0 Å². The second kappa shape index (κ2) is 9.23. The number of nitrogens with zero attached hydrogens (tertiary/aromatic N) is 5. The number of nitrogens with one attached hydrogen (secondary N) is 1. The van der Waals surface area contributed by atoms with E-state index in [9.17, 15) is 4.79 Å². The molecule has 0 unspecified atom stereocenters. The molecule has 4 aliphatic rings. The van der Waals surface area contributed by atoms with E-state index < -0.39 is 0 Å². The van der Waals surface area contributed by atoms with Crippen LogP contribution in [-0.2, 0) is 0 Å². The zero-order valence-electron chi connectivity index (χ0n) is 19.9. The summed E-state index contributed by atoms with van der Waals surface area (Å²) >= 11 is 0. The lowest BCUT2D eigenvalue weighted by Crippen LogP contribution is -2.53. The first-order valence-corrected chi connectivity index (χ1v) is 13.0. The Morgan fingerprint density at radius 1 is 1.00 bits per heavy atom. The number of aromatic amines is 1. The molecule has 6 rings (SSSR count). The van der Waals surface area contributed by atoms with E-state index in [0.717, 1.165) is 86.7 Å². The molecule has 8 heteroatoms. The molecule has 0 aromatic carbocycles. The number of carbonyl (C=O) groups is 1. The molecule has 34 heavy (non-hydrogen) atoms. The largest absolute Gasteiger partial charge is 0.516 e. The monoisotopic (exact) mass is 464 g/mol. The van der Waals surface area contributed by atoms with Gasteiger partial charge < -0.3 is 24.8 Å². The number of amides is 1. The van der Waals surface area contributed by atoms with E-state index in [2.05, 4.69) is 35.6 Å². The van der Waals surface area contributed by atoms with E-state index in [0.29, 0.717) is 12.1 Å². The zero-order valence-corrected chi connectivity index (χ0v) is 19.9. The van der Waals surface area contributed by atoms with Crippen LogP contribution in [0.3, 0.4) is 0 Å². The summed E-state index contributed by atoms with van der Waals surface area (Å²) in [5, 5.41) is 9.97. The van der Waals surface area contributed by atoms with E-state index in [-0.39, 0.29) is 5.91 Å². The van der Waals surface area contributed by atoms with Crippen LogP contribution in [-0.4, -0.2) is 93.7 Å². The van der Waals surface area contributed by atoms with Gasteiger partial charge in [0.05, 0.1) is 24.2 Å². The number of pyridine rings is 1. The highest BCUT2D eigenvalue weighted by atomic mass is 16.2. The van der Waals surface area contributed by atoms with Crippen LogP contribution in [0.15, 0.2) is 30.8 Å². The molecular formula is C26H36N6O2. The summed E-state index contributed by atoms with van der Waals surface area (Å²) in [5.41, 5.74) is 2.75. The predicted octanol–water partition coefficient (Wildman–Crippen LogP) is 3.19. The quantitative estimate of drug-likeness (QED) is 0.640. The average Bonchev–Trinajstić information content (AvgIpc) is 3.60. The molecule has 0 spiro atoms. The maximum Gasteiger partial charge on any atom is 0.259 e. The first-order chi connectivity index (χ1) is 16.7. The normalized spacial score (nSPS) is 27.1. The first-order valence-electron chi connectivity index (χ1n) is 13.0. The van der Waals surface area contributed by atoms with Gasteiger partial charge in [-0.3, -0.25) is 9.69 Å². The van der Waals surface area contributed by atoms with E-state index in [4.69, 9.17) is 5.11 Å². The van der Waals surface area contributed by atoms with Gasteiger partial charge in [0.2, 0.25) is 0 Å². The van der Waals surface area contributed by atoms with Crippen LogP contribution in [0.1, 0.15) is 48.9 Å². The highest BCUT2D eigenvalue weighted by Gasteiger charge is 2.42. The molecule has 8 nitrogen and oxygen atoms in total. The Hall–Kier alpha value is -2.58. The third kappa shape index (κ3) is 4.18. The first kappa shape index (κ1) is 21.9. The third-order valence-corrected chi connectivity index (χ3v) is 8.34. The Balaban J connectivity index is 1.12. The Kier molecular flexibility index (Phi) is 5.95. The van der Waals surface area contributed by atoms with Crippen molar-refractivity contribution in [1.82, 2.24) is 24.7 Å². The van der Waals surface area contributed by atoms with Crippen molar-refractivity contribution in [2.24, 2.45) is 5.92 Å². The van der Waals surface area contributed by atoms with Crippen LogP contribution in [0, 0.1) is 5.92 Å².